The van der Waals surface area contributed by atoms with Crippen LogP contribution >= 0.6 is 11.3 Å². The first kappa shape index (κ1) is 15.0. The van der Waals surface area contributed by atoms with Gasteiger partial charge in [-0.15, -0.1) is 0 Å². The zero-order valence-corrected chi connectivity index (χ0v) is 13.1. The second kappa shape index (κ2) is 7.43. The van der Waals surface area contributed by atoms with Gasteiger partial charge < -0.3 is 9.47 Å². The third kappa shape index (κ3) is 4.07. The molecule has 0 atom stereocenters. The van der Waals surface area contributed by atoms with Crippen LogP contribution in [0, 0.1) is 0 Å². The standard InChI is InChI=1S/C16H21NO2S/c1-17(10-14-6-7-20-12-14)9-13-4-5-16(19-3)15(8-13)11-18-2/h4-8,12H,9-11H2,1-3H3. The van der Waals surface area contributed by atoms with Crippen molar-refractivity contribution in [1.29, 1.82) is 0 Å². The number of ether oxygens (including phenoxy) is 2. The number of hydrogen-bond acceptors (Lipinski definition) is 4. The SMILES string of the molecule is COCc1cc(CN(C)Cc2ccsc2)ccc1OC. The Morgan fingerprint density at radius 3 is 2.55 bits per heavy atom. The fourth-order valence-electron chi connectivity index (χ4n) is 2.26. The van der Waals surface area contributed by atoms with Gasteiger partial charge in [-0.3, -0.25) is 4.90 Å². The summed E-state index contributed by atoms with van der Waals surface area (Å²) in [7, 11) is 5.53. The summed E-state index contributed by atoms with van der Waals surface area (Å²) >= 11 is 1.74. The largest absolute Gasteiger partial charge is 0.496 e. The molecule has 0 amide bonds. The Morgan fingerprint density at radius 1 is 1.10 bits per heavy atom. The fourth-order valence-corrected chi connectivity index (χ4v) is 2.92. The predicted octanol–water partition coefficient (Wildman–Crippen LogP) is 3.54. The average molecular weight is 291 g/mol. The monoisotopic (exact) mass is 291 g/mol. The van der Waals surface area contributed by atoms with E-state index >= 15 is 0 Å². The van der Waals surface area contributed by atoms with Gasteiger partial charge in [-0.05, 0) is 47.1 Å². The van der Waals surface area contributed by atoms with Crippen molar-refractivity contribution in [2.75, 3.05) is 21.3 Å². The summed E-state index contributed by atoms with van der Waals surface area (Å²) in [6.07, 6.45) is 0. The molecule has 0 spiro atoms. The van der Waals surface area contributed by atoms with E-state index in [1.54, 1.807) is 25.6 Å². The highest BCUT2D eigenvalue weighted by Crippen LogP contribution is 2.21. The number of thiophene rings is 1. The lowest BCUT2D eigenvalue weighted by atomic mass is 10.1. The van der Waals surface area contributed by atoms with Crippen molar-refractivity contribution in [2.45, 2.75) is 19.7 Å². The molecule has 108 valence electrons. The van der Waals surface area contributed by atoms with Gasteiger partial charge in [0, 0.05) is 25.8 Å². The smallest absolute Gasteiger partial charge is 0.124 e. The van der Waals surface area contributed by atoms with E-state index in [9.17, 15) is 0 Å². The summed E-state index contributed by atoms with van der Waals surface area (Å²) in [5, 5.41) is 4.31. The molecule has 0 saturated carbocycles. The number of rotatable bonds is 7. The van der Waals surface area contributed by atoms with Gasteiger partial charge in [0.05, 0.1) is 13.7 Å². The normalized spacial score (nSPS) is 11.0. The summed E-state index contributed by atoms with van der Waals surface area (Å²) in [6, 6.07) is 8.46. The van der Waals surface area contributed by atoms with Crippen molar-refractivity contribution in [2.24, 2.45) is 0 Å². The van der Waals surface area contributed by atoms with Crippen LogP contribution in [-0.4, -0.2) is 26.2 Å². The zero-order chi connectivity index (χ0) is 14.4. The lowest BCUT2D eigenvalue weighted by Gasteiger charge is -2.17. The zero-order valence-electron chi connectivity index (χ0n) is 12.3. The first-order chi connectivity index (χ1) is 9.72. The molecule has 1 aromatic carbocycles. The highest BCUT2D eigenvalue weighted by atomic mass is 32.1. The summed E-state index contributed by atoms with van der Waals surface area (Å²) < 4.78 is 10.6. The van der Waals surface area contributed by atoms with Gasteiger partial charge in [0.25, 0.3) is 0 Å². The van der Waals surface area contributed by atoms with Crippen LogP contribution in [0.3, 0.4) is 0 Å². The summed E-state index contributed by atoms with van der Waals surface area (Å²) in [5.41, 5.74) is 3.73. The van der Waals surface area contributed by atoms with Crippen LogP contribution in [0.25, 0.3) is 0 Å². The van der Waals surface area contributed by atoms with Gasteiger partial charge in [0.1, 0.15) is 5.75 Å². The third-order valence-electron chi connectivity index (χ3n) is 3.13. The van der Waals surface area contributed by atoms with Crippen molar-refractivity contribution >= 4 is 11.3 Å². The molecule has 20 heavy (non-hydrogen) atoms. The highest BCUT2D eigenvalue weighted by molar-refractivity contribution is 7.07. The molecular weight excluding hydrogens is 270 g/mol. The molecule has 0 fully saturated rings. The van der Waals surface area contributed by atoms with Crippen LogP contribution in [0.5, 0.6) is 5.75 Å². The predicted molar refractivity (Wildman–Crippen MR) is 83.2 cm³/mol. The van der Waals surface area contributed by atoms with Crippen LogP contribution in [0.1, 0.15) is 16.7 Å². The van der Waals surface area contributed by atoms with E-state index in [-0.39, 0.29) is 0 Å². The number of hydrogen-bond donors (Lipinski definition) is 0. The highest BCUT2D eigenvalue weighted by Gasteiger charge is 2.07. The minimum Gasteiger partial charge on any atom is -0.496 e. The van der Waals surface area contributed by atoms with Crippen molar-refractivity contribution in [3.05, 3.63) is 51.7 Å². The van der Waals surface area contributed by atoms with Crippen LogP contribution in [-0.2, 0) is 24.4 Å². The quantitative estimate of drug-likeness (QED) is 0.779. The van der Waals surface area contributed by atoms with E-state index in [1.165, 1.54) is 11.1 Å². The molecule has 0 N–H and O–H groups in total. The molecule has 0 aliphatic carbocycles. The molecule has 0 unspecified atom stereocenters. The van der Waals surface area contributed by atoms with Crippen molar-refractivity contribution < 1.29 is 9.47 Å². The summed E-state index contributed by atoms with van der Waals surface area (Å²) in [5.74, 6) is 0.885. The van der Waals surface area contributed by atoms with Gasteiger partial charge in [0.15, 0.2) is 0 Å². The number of nitrogens with zero attached hydrogens (tertiary/aromatic N) is 1. The Kier molecular flexibility index (Phi) is 5.59. The summed E-state index contributed by atoms with van der Waals surface area (Å²) in [4.78, 5) is 2.31. The lowest BCUT2D eigenvalue weighted by Crippen LogP contribution is -2.17. The maximum absolute atomic E-state index is 5.35. The average Bonchev–Trinajstić information content (AvgIpc) is 2.92. The molecule has 1 heterocycles. The first-order valence-corrected chi connectivity index (χ1v) is 7.51. The molecule has 0 bridgehead atoms. The van der Waals surface area contributed by atoms with Gasteiger partial charge >= 0.3 is 0 Å². The fraction of sp³-hybridized carbons (Fsp3) is 0.375. The maximum atomic E-state index is 5.35. The molecule has 2 rings (SSSR count). The van der Waals surface area contributed by atoms with Crippen molar-refractivity contribution in [1.82, 2.24) is 4.90 Å². The molecule has 1 aromatic heterocycles. The van der Waals surface area contributed by atoms with Gasteiger partial charge in [-0.25, -0.2) is 0 Å². The van der Waals surface area contributed by atoms with Crippen LogP contribution in [0.4, 0.5) is 0 Å². The minimum atomic E-state index is 0.575. The van der Waals surface area contributed by atoms with E-state index in [0.717, 1.165) is 24.4 Å². The molecule has 4 heteroatoms. The van der Waals surface area contributed by atoms with Gasteiger partial charge in [0.2, 0.25) is 0 Å². The lowest BCUT2D eigenvalue weighted by molar-refractivity contribution is 0.181. The van der Waals surface area contributed by atoms with Crippen LogP contribution < -0.4 is 4.74 Å². The molecule has 2 aromatic rings. The molecule has 0 aliphatic heterocycles. The van der Waals surface area contributed by atoms with Crippen molar-refractivity contribution in [3.8, 4) is 5.75 Å². The minimum absolute atomic E-state index is 0.575. The molecule has 0 saturated heterocycles. The van der Waals surface area contributed by atoms with Gasteiger partial charge in [-0.2, -0.15) is 11.3 Å². The molecule has 0 aliphatic rings. The van der Waals surface area contributed by atoms with E-state index in [4.69, 9.17) is 9.47 Å². The van der Waals surface area contributed by atoms with E-state index in [0.29, 0.717) is 6.61 Å². The molecular formula is C16H21NO2S. The number of methoxy groups -OCH3 is 2. The Bertz CT molecular complexity index is 525. The van der Waals surface area contributed by atoms with Crippen LogP contribution in [0.2, 0.25) is 0 Å². The Morgan fingerprint density at radius 2 is 1.90 bits per heavy atom. The first-order valence-electron chi connectivity index (χ1n) is 6.57. The second-order valence-electron chi connectivity index (χ2n) is 4.88. The second-order valence-corrected chi connectivity index (χ2v) is 5.66. The Labute approximate surface area is 124 Å². The Balaban J connectivity index is 2.03. The van der Waals surface area contributed by atoms with Crippen LogP contribution in [0.15, 0.2) is 35.0 Å². The van der Waals surface area contributed by atoms with Crippen molar-refractivity contribution in [3.63, 3.8) is 0 Å². The summed E-state index contributed by atoms with van der Waals surface area (Å²) in [6.45, 7) is 2.46. The van der Waals surface area contributed by atoms with E-state index < -0.39 is 0 Å². The third-order valence-corrected chi connectivity index (χ3v) is 3.86. The number of benzene rings is 1. The van der Waals surface area contributed by atoms with Gasteiger partial charge in [-0.1, -0.05) is 6.07 Å². The molecule has 3 nitrogen and oxygen atoms in total. The topological polar surface area (TPSA) is 21.7 Å². The van der Waals surface area contributed by atoms with E-state index in [1.807, 2.05) is 6.07 Å². The Hall–Kier alpha value is -1.36. The van der Waals surface area contributed by atoms with E-state index in [2.05, 4.69) is 40.9 Å². The molecule has 0 radical (unpaired) electrons. The maximum Gasteiger partial charge on any atom is 0.124 e.